The van der Waals surface area contributed by atoms with E-state index in [1.807, 2.05) is 0 Å². The van der Waals surface area contributed by atoms with Crippen molar-refractivity contribution in [3.05, 3.63) is 35.5 Å². The highest BCUT2D eigenvalue weighted by atomic mass is 16.7. The second kappa shape index (κ2) is 6.08. The number of carbonyl (C=O) groups is 2. The molecule has 0 saturated carbocycles. The predicted octanol–water partition coefficient (Wildman–Crippen LogP) is 0.495. The fourth-order valence-corrected chi connectivity index (χ4v) is 2.74. The smallest absolute Gasteiger partial charge is 0.254 e. The number of carbonyl (C=O) groups excluding carboxylic acids is 2. The maximum absolute atomic E-state index is 12.4. The summed E-state index contributed by atoms with van der Waals surface area (Å²) in [5.74, 6) is 1.58. The number of benzene rings is 1. The Bertz CT molecular complexity index is 828. The van der Waals surface area contributed by atoms with Crippen LogP contribution >= 0.6 is 0 Å². The van der Waals surface area contributed by atoms with Crippen LogP contribution in [0.25, 0.3) is 0 Å². The maximum atomic E-state index is 12.4. The van der Waals surface area contributed by atoms with Crippen molar-refractivity contribution in [3.8, 4) is 11.5 Å². The first-order chi connectivity index (χ1) is 12.1. The summed E-state index contributed by atoms with van der Waals surface area (Å²) in [6, 6.07) is 5.07. The van der Waals surface area contributed by atoms with Gasteiger partial charge in [0, 0.05) is 18.7 Å². The molecule has 0 spiro atoms. The first-order valence-electron chi connectivity index (χ1n) is 7.86. The molecule has 2 amide bonds. The lowest BCUT2D eigenvalue weighted by Gasteiger charge is -2.38. The van der Waals surface area contributed by atoms with Crippen molar-refractivity contribution < 1.29 is 23.6 Å². The number of rotatable bonds is 4. The Labute approximate surface area is 142 Å². The van der Waals surface area contributed by atoms with Gasteiger partial charge in [0.25, 0.3) is 5.91 Å². The van der Waals surface area contributed by atoms with E-state index in [9.17, 15) is 9.59 Å². The lowest BCUT2D eigenvalue weighted by molar-refractivity contribution is -0.129. The molecule has 130 valence electrons. The van der Waals surface area contributed by atoms with Gasteiger partial charge in [-0.15, -0.1) is 0 Å². The highest BCUT2D eigenvalue weighted by Crippen LogP contribution is 2.33. The van der Waals surface area contributed by atoms with Crippen molar-refractivity contribution in [2.75, 3.05) is 19.9 Å². The number of fused-ring (bicyclic) bond motifs is 1. The number of aryl methyl sites for hydroxylation is 1. The Hall–Kier alpha value is -3.10. The Morgan fingerprint density at radius 1 is 1.28 bits per heavy atom. The minimum atomic E-state index is -0.234. The van der Waals surface area contributed by atoms with Gasteiger partial charge >= 0.3 is 0 Å². The maximum Gasteiger partial charge on any atom is 0.254 e. The largest absolute Gasteiger partial charge is 0.454 e. The summed E-state index contributed by atoms with van der Waals surface area (Å²) in [6.07, 6.45) is 0. The quantitative estimate of drug-likeness (QED) is 0.860. The van der Waals surface area contributed by atoms with Gasteiger partial charge in [-0.25, -0.2) is 0 Å². The van der Waals surface area contributed by atoms with Crippen LogP contribution in [0.5, 0.6) is 11.5 Å². The van der Waals surface area contributed by atoms with Crippen LogP contribution in [-0.4, -0.2) is 46.7 Å². The predicted molar refractivity (Wildman–Crippen MR) is 82.8 cm³/mol. The van der Waals surface area contributed by atoms with Crippen LogP contribution in [0.1, 0.15) is 22.1 Å². The molecule has 0 atom stereocenters. The van der Waals surface area contributed by atoms with Gasteiger partial charge in [-0.2, -0.15) is 4.98 Å². The van der Waals surface area contributed by atoms with Gasteiger partial charge in [-0.3, -0.25) is 9.59 Å². The zero-order valence-corrected chi connectivity index (χ0v) is 13.5. The molecule has 9 nitrogen and oxygen atoms in total. The van der Waals surface area contributed by atoms with E-state index in [-0.39, 0.29) is 31.1 Å². The van der Waals surface area contributed by atoms with Crippen molar-refractivity contribution >= 4 is 11.8 Å². The van der Waals surface area contributed by atoms with Gasteiger partial charge in [0.2, 0.25) is 18.6 Å². The third kappa shape index (κ3) is 3.00. The van der Waals surface area contributed by atoms with Gasteiger partial charge in [0.05, 0.1) is 12.5 Å². The van der Waals surface area contributed by atoms with Gasteiger partial charge in [-0.1, -0.05) is 5.16 Å². The molecule has 1 N–H and O–H groups in total. The Morgan fingerprint density at radius 3 is 2.84 bits per heavy atom. The molecule has 1 aromatic carbocycles. The number of ether oxygens (including phenoxy) is 2. The molecule has 2 aliphatic rings. The van der Waals surface area contributed by atoms with E-state index < -0.39 is 0 Å². The van der Waals surface area contributed by atoms with Crippen molar-refractivity contribution in [1.29, 1.82) is 0 Å². The fourth-order valence-electron chi connectivity index (χ4n) is 2.74. The highest BCUT2D eigenvalue weighted by Gasteiger charge is 2.36. The number of hydrogen-bond donors (Lipinski definition) is 1. The minimum absolute atomic E-state index is 0.130. The van der Waals surface area contributed by atoms with E-state index in [0.29, 0.717) is 41.9 Å². The number of nitrogens with zero attached hydrogens (tertiary/aromatic N) is 3. The Morgan fingerprint density at radius 2 is 2.08 bits per heavy atom. The monoisotopic (exact) mass is 344 g/mol. The Kier molecular flexibility index (Phi) is 3.75. The SMILES string of the molecule is Cc1noc(CNC(=O)C2CN(C(=O)c3ccc4c(c3)OCO4)C2)n1. The molecule has 1 fully saturated rings. The number of hydrogen-bond acceptors (Lipinski definition) is 7. The normalized spacial score (nSPS) is 15.8. The van der Waals surface area contributed by atoms with Crippen LogP contribution < -0.4 is 14.8 Å². The number of likely N-dealkylation sites (tertiary alicyclic amines) is 1. The first kappa shape index (κ1) is 15.4. The minimum Gasteiger partial charge on any atom is -0.454 e. The van der Waals surface area contributed by atoms with E-state index in [0.717, 1.165) is 0 Å². The van der Waals surface area contributed by atoms with Crippen LogP contribution in [0.15, 0.2) is 22.7 Å². The second-order valence-corrected chi connectivity index (χ2v) is 5.93. The molecule has 1 saturated heterocycles. The van der Waals surface area contributed by atoms with Crippen LogP contribution in [0, 0.1) is 12.8 Å². The summed E-state index contributed by atoms with van der Waals surface area (Å²) in [5, 5.41) is 6.40. The standard InChI is InChI=1S/C16H16N4O5/c1-9-18-14(25-19-9)5-17-15(21)11-6-20(7-11)16(22)10-2-3-12-13(4-10)24-8-23-12/h2-4,11H,5-8H2,1H3,(H,17,21). The fraction of sp³-hybridized carbons (Fsp3) is 0.375. The molecule has 0 aliphatic carbocycles. The average Bonchev–Trinajstić information content (AvgIpc) is 3.19. The lowest BCUT2D eigenvalue weighted by Crippen LogP contribution is -2.55. The van der Waals surface area contributed by atoms with Crippen LogP contribution in [0.3, 0.4) is 0 Å². The third-order valence-electron chi connectivity index (χ3n) is 4.14. The van der Waals surface area contributed by atoms with Crippen molar-refractivity contribution in [3.63, 3.8) is 0 Å². The Balaban J connectivity index is 1.29. The molecule has 0 unspecified atom stereocenters. The lowest BCUT2D eigenvalue weighted by atomic mass is 9.97. The molecule has 4 rings (SSSR count). The molecule has 0 radical (unpaired) electrons. The summed E-state index contributed by atoms with van der Waals surface area (Å²) in [4.78, 5) is 30.2. The van der Waals surface area contributed by atoms with Crippen molar-refractivity contribution in [1.82, 2.24) is 20.4 Å². The zero-order valence-electron chi connectivity index (χ0n) is 13.5. The van der Waals surface area contributed by atoms with Crippen LogP contribution in [0.2, 0.25) is 0 Å². The molecule has 25 heavy (non-hydrogen) atoms. The van der Waals surface area contributed by atoms with Crippen LogP contribution in [-0.2, 0) is 11.3 Å². The summed E-state index contributed by atoms with van der Waals surface area (Å²) in [7, 11) is 0. The van der Waals surface area contributed by atoms with E-state index in [4.69, 9.17) is 14.0 Å². The average molecular weight is 344 g/mol. The summed E-state index contributed by atoms with van der Waals surface area (Å²) >= 11 is 0. The summed E-state index contributed by atoms with van der Waals surface area (Å²) in [5.41, 5.74) is 0.518. The molecular weight excluding hydrogens is 328 g/mol. The van der Waals surface area contributed by atoms with Gasteiger partial charge in [0.1, 0.15) is 0 Å². The van der Waals surface area contributed by atoms with E-state index in [1.54, 1.807) is 30.0 Å². The van der Waals surface area contributed by atoms with Gasteiger partial charge in [-0.05, 0) is 25.1 Å². The van der Waals surface area contributed by atoms with Crippen LogP contribution in [0.4, 0.5) is 0 Å². The summed E-state index contributed by atoms with van der Waals surface area (Å²) < 4.78 is 15.4. The third-order valence-corrected chi connectivity index (χ3v) is 4.14. The first-order valence-corrected chi connectivity index (χ1v) is 7.86. The molecule has 2 aromatic rings. The molecule has 3 heterocycles. The summed E-state index contributed by atoms with van der Waals surface area (Å²) in [6.45, 7) is 2.81. The van der Waals surface area contributed by atoms with Crippen molar-refractivity contribution in [2.45, 2.75) is 13.5 Å². The zero-order chi connectivity index (χ0) is 17.4. The molecule has 2 aliphatic heterocycles. The van der Waals surface area contributed by atoms with E-state index in [2.05, 4.69) is 15.5 Å². The second-order valence-electron chi connectivity index (χ2n) is 5.93. The van der Waals surface area contributed by atoms with Gasteiger partial charge in [0.15, 0.2) is 17.3 Å². The molecular formula is C16H16N4O5. The topological polar surface area (TPSA) is 107 Å². The van der Waals surface area contributed by atoms with Gasteiger partial charge < -0.3 is 24.2 Å². The highest BCUT2D eigenvalue weighted by molar-refractivity contribution is 5.96. The van der Waals surface area contributed by atoms with Crippen molar-refractivity contribution in [2.24, 2.45) is 5.92 Å². The molecule has 9 heteroatoms. The number of aromatic nitrogens is 2. The van der Waals surface area contributed by atoms with E-state index in [1.165, 1.54) is 0 Å². The molecule has 1 aromatic heterocycles. The molecule has 0 bridgehead atoms. The van der Waals surface area contributed by atoms with E-state index >= 15 is 0 Å². The number of amides is 2. The number of nitrogens with one attached hydrogen (secondary N) is 1.